The van der Waals surface area contributed by atoms with Crippen LogP contribution in [0.2, 0.25) is 0 Å². The van der Waals surface area contributed by atoms with E-state index in [-0.39, 0.29) is 5.54 Å². The van der Waals surface area contributed by atoms with Crippen molar-refractivity contribution in [1.82, 2.24) is 10.3 Å². The third kappa shape index (κ3) is 5.18. The Kier molecular flexibility index (Phi) is 4.94. The van der Waals surface area contributed by atoms with Crippen molar-refractivity contribution in [3.05, 3.63) is 23.5 Å². The topological polar surface area (TPSA) is 37.0 Å². The Morgan fingerprint density at radius 2 is 2.00 bits per heavy atom. The third-order valence-corrected chi connectivity index (χ3v) is 2.38. The molecule has 0 aliphatic carbocycles. The molecule has 1 rings (SSSR count). The summed E-state index contributed by atoms with van der Waals surface area (Å²) < 4.78 is 0. The van der Waals surface area contributed by atoms with Crippen LogP contribution in [0.3, 0.4) is 0 Å². The van der Waals surface area contributed by atoms with E-state index in [9.17, 15) is 0 Å². The Balaban J connectivity index is 2.80. The molecule has 0 saturated carbocycles. The van der Waals surface area contributed by atoms with Crippen LogP contribution in [0.4, 0.5) is 5.69 Å². The molecule has 1 aromatic heterocycles. The lowest BCUT2D eigenvalue weighted by molar-refractivity contribution is 0.627. The van der Waals surface area contributed by atoms with Crippen LogP contribution in [-0.4, -0.2) is 17.1 Å². The molecule has 0 amide bonds. The molecular weight excluding hydrogens is 210 g/mol. The van der Waals surface area contributed by atoms with Crippen LogP contribution in [0.25, 0.3) is 0 Å². The van der Waals surface area contributed by atoms with Gasteiger partial charge in [0.1, 0.15) is 0 Å². The smallest absolute Gasteiger partial charge is 0.0423 e. The van der Waals surface area contributed by atoms with Gasteiger partial charge in [-0.3, -0.25) is 4.98 Å². The highest BCUT2D eigenvalue weighted by molar-refractivity contribution is 5.52. The van der Waals surface area contributed by atoms with Gasteiger partial charge < -0.3 is 10.6 Å². The van der Waals surface area contributed by atoms with Gasteiger partial charge in [-0.2, -0.15) is 0 Å². The first-order valence-electron chi connectivity index (χ1n) is 6.37. The molecular formula is C14H25N3. The lowest BCUT2D eigenvalue weighted by atomic mass is 10.1. The van der Waals surface area contributed by atoms with E-state index in [1.807, 2.05) is 13.1 Å². The number of anilines is 1. The molecule has 96 valence electrons. The number of nitrogens with zero attached hydrogens (tertiary/aromatic N) is 1. The SMILES string of the molecule is CCCNCc1cnc(C)cc1NC(C)(C)C. The predicted molar refractivity (Wildman–Crippen MR) is 74.3 cm³/mol. The van der Waals surface area contributed by atoms with E-state index in [2.05, 4.69) is 49.4 Å². The van der Waals surface area contributed by atoms with Crippen molar-refractivity contribution in [2.45, 2.75) is 53.1 Å². The molecule has 0 bridgehead atoms. The Labute approximate surface area is 105 Å². The summed E-state index contributed by atoms with van der Waals surface area (Å²) in [6.45, 7) is 12.6. The fourth-order valence-corrected chi connectivity index (χ4v) is 1.65. The first kappa shape index (κ1) is 14.0. The first-order chi connectivity index (χ1) is 7.92. The monoisotopic (exact) mass is 235 g/mol. The Morgan fingerprint density at radius 1 is 1.29 bits per heavy atom. The minimum absolute atomic E-state index is 0.0767. The minimum Gasteiger partial charge on any atom is -0.380 e. The van der Waals surface area contributed by atoms with Gasteiger partial charge in [0.25, 0.3) is 0 Å². The van der Waals surface area contributed by atoms with Crippen LogP contribution in [0.5, 0.6) is 0 Å². The standard InChI is InChI=1S/C14H25N3/c1-6-7-15-9-12-10-16-11(2)8-13(12)17-14(3,4)5/h8,10,15H,6-7,9H2,1-5H3,(H,16,17). The highest BCUT2D eigenvalue weighted by atomic mass is 15.0. The van der Waals surface area contributed by atoms with Crippen molar-refractivity contribution >= 4 is 5.69 Å². The molecule has 0 radical (unpaired) electrons. The van der Waals surface area contributed by atoms with E-state index in [1.54, 1.807) is 0 Å². The fraction of sp³-hybridized carbons (Fsp3) is 0.643. The van der Waals surface area contributed by atoms with Crippen molar-refractivity contribution in [3.63, 3.8) is 0 Å². The summed E-state index contributed by atoms with van der Waals surface area (Å²) in [5.74, 6) is 0. The second-order valence-corrected chi connectivity index (χ2v) is 5.53. The molecule has 3 nitrogen and oxygen atoms in total. The summed E-state index contributed by atoms with van der Waals surface area (Å²) in [5.41, 5.74) is 3.55. The van der Waals surface area contributed by atoms with Crippen molar-refractivity contribution in [1.29, 1.82) is 0 Å². The zero-order chi connectivity index (χ0) is 12.9. The second-order valence-electron chi connectivity index (χ2n) is 5.53. The predicted octanol–water partition coefficient (Wildman–Crippen LogP) is 3.10. The normalized spacial score (nSPS) is 11.6. The van der Waals surface area contributed by atoms with E-state index >= 15 is 0 Å². The van der Waals surface area contributed by atoms with E-state index in [1.165, 1.54) is 11.3 Å². The van der Waals surface area contributed by atoms with Gasteiger partial charge in [-0.05, 0) is 46.7 Å². The maximum atomic E-state index is 4.37. The second kappa shape index (κ2) is 6.01. The molecule has 0 aliphatic rings. The largest absolute Gasteiger partial charge is 0.380 e. The maximum absolute atomic E-state index is 4.37. The van der Waals surface area contributed by atoms with Crippen LogP contribution < -0.4 is 10.6 Å². The van der Waals surface area contributed by atoms with Crippen LogP contribution in [0, 0.1) is 6.92 Å². The first-order valence-corrected chi connectivity index (χ1v) is 6.37. The zero-order valence-electron chi connectivity index (χ0n) is 11.7. The van der Waals surface area contributed by atoms with Crippen LogP contribution in [0.1, 0.15) is 45.4 Å². The quantitative estimate of drug-likeness (QED) is 0.770. The van der Waals surface area contributed by atoms with Gasteiger partial charge in [0, 0.05) is 35.2 Å². The molecule has 0 aliphatic heterocycles. The van der Waals surface area contributed by atoms with E-state index in [0.717, 1.165) is 25.2 Å². The summed E-state index contributed by atoms with van der Waals surface area (Å²) in [6.07, 6.45) is 3.12. The number of aryl methyl sites for hydroxylation is 1. The van der Waals surface area contributed by atoms with Gasteiger partial charge in [-0.25, -0.2) is 0 Å². The average molecular weight is 235 g/mol. The van der Waals surface area contributed by atoms with Gasteiger partial charge >= 0.3 is 0 Å². The number of hydrogen-bond donors (Lipinski definition) is 2. The highest BCUT2D eigenvalue weighted by Gasteiger charge is 2.12. The van der Waals surface area contributed by atoms with Crippen molar-refractivity contribution in [2.75, 3.05) is 11.9 Å². The Morgan fingerprint density at radius 3 is 2.59 bits per heavy atom. The molecule has 0 unspecified atom stereocenters. The van der Waals surface area contributed by atoms with Gasteiger partial charge in [0.2, 0.25) is 0 Å². The van der Waals surface area contributed by atoms with Crippen molar-refractivity contribution in [3.8, 4) is 0 Å². The summed E-state index contributed by atoms with van der Waals surface area (Å²) in [6, 6.07) is 2.12. The number of nitrogens with one attached hydrogen (secondary N) is 2. The molecule has 1 heterocycles. The summed E-state index contributed by atoms with van der Waals surface area (Å²) in [4.78, 5) is 4.37. The molecule has 0 fully saturated rings. The lowest BCUT2D eigenvalue weighted by Crippen LogP contribution is -2.27. The lowest BCUT2D eigenvalue weighted by Gasteiger charge is -2.24. The van der Waals surface area contributed by atoms with E-state index in [0.29, 0.717) is 0 Å². The summed E-state index contributed by atoms with van der Waals surface area (Å²) in [7, 11) is 0. The number of rotatable bonds is 5. The van der Waals surface area contributed by atoms with Crippen molar-refractivity contribution < 1.29 is 0 Å². The Hall–Kier alpha value is -1.09. The van der Waals surface area contributed by atoms with Gasteiger partial charge in [0.15, 0.2) is 0 Å². The third-order valence-electron chi connectivity index (χ3n) is 2.38. The molecule has 0 saturated heterocycles. The summed E-state index contributed by atoms with van der Waals surface area (Å²) in [5, 5.41) is 6.95. The molecule has 0 atom stereocenters. The molecule has 3 heteroatoms. The van der Waals surface area contributed by atoms with Gasteiger partial charge in [0.05, 0.1) is 0 Å². The Bertz CT molecular complexity index is 353. The van der Waals surface area contributed by atoms with E-state index < -0.39 is 0 Å². The van der Waals surface area contributed by atoms with Crippen LogP contribution in [-0.2, 0) is 6.54 Å². The number of hydrogen-bond acceptors (Lipinski definition) is 3. The molecule has 2 N–H and O–H groups in total. The maximum Gasteiger partial charge on any atom is 0.0423 e. The minimum atomic E-state index is 0.0767. The molecule has 17 heavy (non-hydrogen) atoms. The fourth-order valence-electron chi connectivity index (χ4n) is 1.65. The van der Waals surface area contributed by atoms with Gasteiger partial charge in [-0.1, -0.05) is 6.92 Å². The molecule has 1 aromatic rings. The zero-order valence-corrected chi connectivity index (χ0v) is 11.7. The molecule has 0 aromatic carbocycles. The molecule has 0 spiro atoms. The van der Waals surface area contributed by atoms with Gasteiger partial charge in [-0.15, -0.1) is 0 Å². The summed E-state index contributed by atoms with van der Waals surface area (Å²) >= 11 is 0. The van der Waals surface area contributed by atoms with Crippen LogP contribution >= 0.6 is 0 Å². The average Bonchev–Trinajstić information content (AvgIpc) is 2.19. The highest BCUT2D eigenvalue weighted by Crippen LogP contribution is 2.20. The van der Waals surface area contributed by atoms with Crippen molar-refractivity contribution in [2.24, 2.45) is 0 Å². The van der Waals surface area contributed by atoms with Crippen LogP contribution in [0.15, 0.2) is 12.3 Å². The number of aromatic nitrogens is 1. The number of pyridine rings is 1. The van der Waals surface area contributed by atoms with E-state index in [4.69, 9.17) is 0 Å².